The van der Waals surface area contributed by atoms with Crippen molar-refractivity contribution in [1.29, 1.82) is 0 Å². The molecule has 0 unspecified atom stereocenters. The van der Waals surface area contributed by atoms with Crippen LogP contribution in [0.25, 0.3) is 11.0 Å². The monoisotopic (exact) mass is 299 g/mol. The maximum Gasteiger partial charge on any atom is 0.242 e. The standard InChI is InChI=1S/C17H21N3O2/c21-11-13-4-3-9-19(13)16(22)10-20-15-6-2-1-5-14(15)18-17(20)12-7-8-12/h1-2,5-6,12-13,21H,3-4,7-11H2/t13-/m1/s1. The van der Waals surface area contributed by atoms with Crippen molar-refractivity contribution in [2.45, 2.75) is 44.2 Å². The van der Waals surface area contributed by atoms with E-state index in [1.807, 2.05) is 29.2 Å². The van der Waals surface area contributed by atoms with E-state index >= 15 is 0 Å². The Balaban J connectivity index is 1.65. The lowest BCUT2D eigenvalue weighted by molar-refractivity contribution is -0.133. The first-order valence-corrected chi connectivity index (χ1v) is 8.13. The van der Waals surface area contributed by atoms with Gasteiger partial charge in [-0.05, 0) is 37.8 Å². The summed E-state index contributed by atoms with van der Waals surface area (Å²) in [6.07, 6.45) is 4.22. The van der Waals surface area contributed by atoms with E-state index in [-0.39, 0.29) is 18.6 Å². The highest BCUT2D eigenvalue weighted by atomic mass is 16.3. The largest absolute Gasteiger partial charge is 0.394 e. The number of carbonyl (C=O) groups is 1. The molecule has 1 aromatic heterocycles. The average molecular weight is 299 g/mol. The second-order valence-corrected chi connectivity index (χ2v) is 6.38. The van der Waals surface area contributed by atoms with Gasteiger partial charge >= 0.3 is 0 Å². The molecule has 0 bridgehead atoms. The predicted octanol–water partition coefficient (Wildman–Crippen LogP) is 1.90. The molecule has 2 fully saturated rings. The molecule has 0 radical (unpaired) electrons. The van der Waals surface area contributed by atoms with E-state index in [1.165, 1.54) is 12.8 Å². The molecule has 1 saturated carbocycles. The molecule has 2 heterocycles. The van der Waals surface area contributed by atoms with Gasteiger partial charge in [-0.1, -0.05) is 12.1 Å². The molecule has 1 aliphatic heterocycles. The van der Waals surface area contributed by atoms with Gasteiger partial charge in [-0.25, -0.2) is 4.98 Å². The first-order valence-electron chi connectivity index (χ1n) is 8.13. The molecule has 1 N–H and O–H groups in total. The summed E-state index contributed by atoms with van der Waals surface area (Å²) in [6.45, 7) is 1.16. The molecule has 1 atom stereocenters. The summed E-state index contributed by atoms with van der Waals surface area (Å²) in [5.74, 6) is 1.66. The van der Waals surface area contributed by atoms with Crippen LogP contribution in [0.5, 0.6) is 0 Å². The summed E-state index contributed by atoms with van der Waals surface area (Å²) in [6, 6.07) is 8.02. The number of amides is 1. The summed E-state index contributed by atoms with van der Waals surface area (Å²) in [5, 5.41) is 9.42. The number of hydrogen-bond donors (Lipinski definition) is 1. The average Bonchev–Trinajstić information content (AvgIpc) is 3.16. The number of imidazole rings is 1. The number of carbonyl (C=O) groups excluding carboxylic acids is 1. The summed E-state index contributed by atoms with van der Waals surface area (Å²) in [4.78, 5) is 19.3. The van der Waals surface area contributed by atoms with Gasteiger partial charge in [0, 0.05) is 12.5 Å². The van der Waals surface area contributed by atoms with E-state index < -0.39 is 0 Å². The van der Waals surface area contributed by atoms with Crippen LogP contribution in [-0.2, 0) is 11.3 Å². The smallest absolute Gasteiger partial charge is 0.242 e. The second kappa shape index (κ2) is 5.39. The minimum atomic E-state index is -0.00772. The maximum atomic E-state index is 12.7. The maximum absolute atomic E-state index is 12.7. The van der Waals surface area contributed by atoms with Crippen LogP contribution in [0.3, 0.4) is 0 Å². The van der Waals surface area contributed by atoms with Crippen LogP contribution >= 0.6 is 0 Å². The van der Waals surface area contributed by atoms with Gasteiger partial charge in [-0.3, -0.25) is 4.79 Å². The summed E-state index contributed by atoms with van der Waals surface area (Å²) in [5.41, 5.74) is 2.01. The molecule has 4 rings (SSSR count). The number of hydrogen-bond acceptors (Lipinski definition) is 3. The number of aromatic nitrogens is 2. The van der Waals surface area contributed by atoms with Gasteiger partial charge in [0.15, 0.2) is 0 Å². The van der Waals surface area contributed by atoms with Crippen molar-refractivity contribution in [2.24, 2.45) is 0 Å². The molecule has 1 aliphatic carbocycles. The molecule has 1 amide bonds. The number of fused-ring (bicyclic) bond motifs is 1. The van der Waals surface area contributed by atoms with Gasteiger partial charge in [-0.15, -0.1) is 0 Å². The third kappa shape index (κ3) is 2.29. The predicted molar refractivity (Wildman–Crippen MR) is 83.5 cm³/mol. The lowest BCUT2D eigenvalue weighted by Crippen LogP contribution is -2.39. The number of rotatable bonds is 4. The van der Waals surface area contributed by atoms with Crippen molar-refractivity contribution >= 4 is 16.9 Å². The van der Waals surface area contributed by atoms with Crippen LogP contribution < -0.4 is 0 Å². The molecule has 2 aliphatic rings. The first kappa shape index (κ1) is 13.8. The fourth-order valence-electron chi connectivity index (χ4n) is 3.49. The highest BCUT2D eigenvalue weighted by Crippen LogP contribution is 2.40. The molecule has 0 spiro atoms. The van der Waals surface area contributed by atoms with Crippen LogP contribution in [0.15, 0.2) is 24.3 Å². The Kier molecular flexibility index (Phi) is 3.37. The number of likely N-dealkylation sites (tertiary alicyclic amines) is 1. The first-order chi connectivity index (χ1) is 10.8. The summed E-state index contributed by atoms with van der Waals surface area (Å²) < 4.78 is 2.09. The second-order valence-electron chi connectivity index (χ2n) is 6.38. The fraction of sp³-hybridized carbons (Fsp3) is 0.529. The molecule has 5 heteroatoms. The van der Waals surface area contributed by atoms with Crippen LogP contribution in [-0.4, -0.2) is 44.7 Å². The molecule has 1 aromatic carbocycles. The van der Waals surface area contributed by atoms with E-state index in [0.29, 0.717) is 12.5 Å². The van der Waals surface area contributed by atoms with Crippen LogP contribution in [0.4, 0.5) is 0 Å². The topological polar surface area (TPSA) is 58.4 Å². The van der Waals surface area contributed by atoms with Crippen molar-refractivity contribution in [1.82, 2.24) is 14.5 Å². The van der Waals surface area contributed by atoms with Gasteiger partial charge in [-0.2, -0.15) is 0 Å². The number of para-hydroxylation sites is 2. The highest BCUT2D eigenvalue weighted by Gasteiger charge is 2.32. The van der Waals surface area contributed by atoms with E-state index in [1.54, 1.807) is 0 Å². The Hall–Kier alpha value is -1.88. The molecule has 5 nitrogen and oxygen atoms in total. The number of nitrogens with zero attached hydrogens (tertiary/aromatic N) is 3. The Morgan fingerprint density at radius 3 is 2.86 bits per heavy atom. The third-order valence-corrected chi connectivity index (χ3v) is 4.83. The SMILES string of the molecule is O=C(Cn1c(C2CC2)nc2ccccc21)N1CCC[C@@H]1CO. The van der Waals surface area contributed by atoms with Crippen molar-refractivity contribution in [3.05, 3.63) is 30.1 Å². The molecule has 2 aromatic rings. The number of aliphatic hydroxyl groups is 1. The zero-order valence-electron chi connectivity index (χ0n) is 12.6. The quantitative estimate of drug-likeness (QED) is 0.938. The van der Waals surface area contributed by atoms with Crippen LogP contribution in [0, 0.1) is 0 Å². The minimum Gasteiger partial charge on any atom is -0.394 e. The van der Waals surface area contributed by atoms with Gasteiger partial charge < -0.3 is 14.6 Å². The zero-order valence-corrected chi connectivity index (χ0v) is 12.6. The Morgan fingerprint density at radius 2 is 2.09 bits per heavy atom. The summed E-state index contributed by atoms with van der Waals surface area (Å²) in [7, 11) is 0. The molecule has 22 heavy (non-hydrogen) atoms. The highest BCUT2D eigenvalue weighted by molar-refractivity contribution is 5.81. The number of benzene rings is 1. The normalized spacial score (nSPS) is 21.7. The molecular formula is C17H21N3O2. The van der Waals surface area contributed by atoms with E-state index in [0.717, 1.165) is 36.2 Å². The van der Waals surface area contributed by atoms with E-state index in [9.17, 15) is 9.90 Å². The molecular weight excluding hydrogens is 278 g/mol. The Morgan fingerprint density at radius 1 is 1.27 bits per heavy atom. The van der Waals surface area contributed by atoms with Gasteiger partial charge in [0.25, 0.3) is 0 Å². The van der Waals surface area contributed by atoms with Crippen molar-refractivity contribution in [3.63, 3.8) is 0 Å². The van der Waals surface area contributed by atoms with Crippen molar-refractivity contribution < 1.29 is 9.90 Å². The van der Waals surface area contributed by atoms with Crippen molar-refractivity contribution in [3.8, 4) is 0 Å². The number of aliphatic hydroxyl groups excluding tert-OH is 1. The fourth-order valence-corrected chi connectivity index (χ4v) is 3.49. The van der Waals surface area contributed by atoms with Crippen molar-refractivity contribution in [2.75, 3.05) is 13.2 Å². The molecule has 116 valence electrons. The minimum absolute atomic E-state index is 0.00772. The van der Waals surface area contributed by atoms with Crippen LogP contribution in [0.1, 0.15) is 37.4 Å². The van der Waals surface area contributed by atoms with Gasteiger partial charge in [0.05, 0.1) is 23.7 Å². The Labute approximate surface area is 129 Å². The zero-order chi connectivity index (χ0) is 15.1. The van der Waals surface area contributed by atoms with Gasteiger partial charge in [0.1, 0.15) is 12.4 Å². The third-order valence-electron chi connectivity index (χ3n) is 4.83. The molecule has 1 saturated heterocycles. The van der Waals surface area contributed by atoms with Gasteiger partial charge in [0.2, 0.25) is 5.91 Å². The van der Waals surface area contributed by atoms with Crippen LogP contribution in [0.2, 0.25) is 0 Å². The Bertz CT molecular complexity index is 705. The summed E-state index contributed by atoms with van der Waals surface area (Å²) >= 11 is 0. The van der Waals surface area contributed by atoms with E-state index in [2.05, 4.69) is 4.57 Å². The lowest BCUT2D eigenvalue weighted by atomic mass is 10.2. The lowest BCUT2D eigenvalue weighted by Gasteiger charge is -2.23. The van der Waals surface area contributed by atoms with E-state index in [4.69, 9.17) is 4.98 Å².